The summed E-state index contributed by atoms with van der Waals surface area (Å²) in [4.78, 5) is 24.3. The Balaban J connectivity index is 1.56. The molecular weight excluding hydrogens is 332 g/mol. The Morgan fingerprint density at radius 3 is 2.77 bits per heavy atom. The number of hydrogen-bond acceptors (Lipinski definition) is 4. The van der Waals surface area contributed by atoms with Crippen molar-refractivity contribution in [2.24, 2.45) is 0 Å². The van der Waals surface area contributed by atoms with Crippen molar-refractivity contribution in [1.82, 2.24) is 20.8 Å². The topological polar surface area (TPSA) is 96.1 Å². The molecule has 0 radical (unpaired) electrons. The number of rotatable bonds is 6. The van der Waals surface area contributed by atoms with Crippen molar-refractivity contribution in [2.75, 3.05) is 13.2 Å². The average molecular weight is 356 g/mol. The summed E-state index contributed by atoms with van der Waals surface area (Å²) in [6.07, 6.45) is 0.924. The van der Waals surface area contributed by atoms with Gasteiger partial charge in [0.1, 0.15) is 6.61 Å². The van der Waals surface area contributed by atoms with Crippen LogP contribution in [0.5, 0.6) is 0 Å². The molecule has 3 N–H and O–H groups in total. The van der Waals surface area contributed by atoms with Crippen LogP contribution >= 0.6 is 0 Å². The molecule has 2 aromatic rings. The number of nitrogens with one attached hydrogen (secondary N) is 3. The van der Waals surface area contributed by atoms with Gasteiger partial charge in [0.25, 0.3) is 5.91 Å². The van der Waals surface area contributed by atoms with Gasteiger partial charge in [-0.25, -0.2) is 0 Å². The third kappa shape index (κ3) is 4.11. The molecule has 1 fully saturated rings. The highest BCUT2D eigenvalue weighted by Gasteiger charge is 2.35. The zero-order valence-corrected chi connectivity index (χ0v) is 15.0. The lowest BCUT2D eigenvalue weighted by atomic mass is 9.99. The number of aryl methyl sites for hydroxylation is 2. The van der Waals surface area contributed by atoms with Crippen molar-refractivity contribution >= 4 is 11.8 Å². The Hall–Kier alpha value is -2.67. The number of H-pyrrole nitrogens is 1. The molecule has 2 amide bonds. The molecule has 1 aromatic carbocycles. The normalized spacial score (nSPS) is 19.8. The zero-order chi connectivity index (χ0) is 18.5. The largest absolute Gasteiger partial charge is 0.356 e. The summed E-state index contributed by atoms with van der Waals surface area (Å²) in [5.41, 5.74) is 4.11. The summed E-state index contributed by atoms with van der Waals surface area (Å²) in [5.74, 6) is -0.423. The molecule has 0 unspecified atom stereocenters. The Bertz CT molecular complexity index is 753. The second-order valence-electron chi connectivity index (χ2n) is 6.49. The van der Waals surface area contributed by atoms with Gasteiger partial charge in [0.05, 0.1) is 11.7 Å². The summed E-state index contributed by atoms with van der Waals surface area (Å²) in [7, 11) is 0. The van der Waals surface area contributed by atoms with Crippen LogP contribution in [0.2, 0.25) is 0 Å². The van der Waals surface area contributed by atoms with Gasteiger partial charge < -0.3 is 15.4 Å². The van der Waals surface area contributed by atoms with Gasteiger partial charge in [-0.15, -0.1) is 0 Å². The molecule has 2 atom stereocenters. The van der Waals surface area contributed by atoms with E-state index in [0.717, 1.165) is 29.8 Å². The highest BCUT2D eigenvalue weighted by Crippen LogP contribution is 2.22. The maximum absolute atomic E-state index is 12.6. The van der Waals surface area contributed by atoms with Gasteiger partial charge in [-0.3, -0.25) is 14.7 Å². The van der Waals surface area contributed by atoms with Crippen LogP contribution in [0, 0.1) is 13.8 Å². The molecule has 0 saturated carbocycles. The van der Waals surface area contributed by atoms with Gasteiger partial charge in [0, 0.05) is 12.2 Å². The Labute approximate surface area is 152 Å². The molecule has 138 valence electrons. The van der Waals surface area contributed by atoms with E-state index < -0.39 is 12.1 Å². The first-order chi connectivity index (χ1) is 12.6. The van der Waals surface area contributed by atoms with Crippen LogP contribution in [0.3, 0.4) is 0 Å². The quantitative estimate of drug-likeness (QED) is 0.681. The molecule has 0 aliphatic carbocycles. The highest BCUT2D eigenvalue weighted by molar-refractivity contribution is 5.86. The number of benzene rings is 1. The summed E-state index contributed by atoms with van der Waals surface area (Å²) >= 11 is 0. The minimum atomic E-state index is -0.729. The molecular formula is C19H24N4O3. The monoisotopic (exact) mass is 356 g/mol. The van der Waals surface area contributed by atoms with E-state index in [1.807, 2.05) is 44.2 Å². The van der Waals surface area contributed by atoms with E-state index in [-0.39, 0.29) is 18.4 Å². The summed E-state index contributed by atoms with van der Waals surface area (Å²) in [6, 6.07) is 8.93. The molecule has 1 aliphatic heterocycles. The first-order valence-electron chi connectivity index (χ1n) is 8.80. The fraction of sp³-hybridized carbons (Fsp3) is 0.421. The van der Waals surface area contributed by atoms with Gasteiger partial charge >= 0.3 is 0 Å². The number of carbonyl (C=O) groups is 2. The number of aromatic amines is 1. The van der Waals surface area contributed by atoms with Crippen molar-refractivity contribution in [2.45, 2.75) is 38.8 Å². The van der Waals surface area contributed by atoms with Crippen LogP contribution in [-0.2, 0) is 20.7 Å². The third-order valence-electron chi connectivity index (χ3n) is 4.61. The van der Waals surface area contributed by atoms with Crippen LogP contribution in [0.1, 0.15) is 35.0 Å². The first-order valence-corrected chi connectivity index (χ1v) is 8.80. The van der Waals surface area contributed by atoms with Crippen LogP contribution < -0.4 is 10.6 Å². The maximum Gasteiger partial charge on any atom is 0.251 e. The standard InChI is InChI=1S/C19H24N4O3/c1-12-15(13(2)23-22-12)9-6-10-20-19(25)18-17(21-16(24)11-26-18)14-7-4-3-5-8-14/h3-5,7-8,17-18H,6,9-11H2,1-2H3,(H,20,25)(H,21,24)(H,22,23)/t17-,18+/m1/s1. The Morgan fingerprint density at radius 1 is 1.31 bits per heavy atom. The Kier molecular flexibility index (Phi) is 5.68. The van der Waals surface area contributed by atoms with Gasteiger partial charge in [-0.1, -0.05) is 30.3 Å². The lowest BCUT2D eigenvalue weighted by Crippen LogP contribution is -2.52. The van der Waals surface area contributed by atoms with E-state index in [9.17, 15) is 9.59 Å². The van der Waals surface area contributed by atoms with Crippen molar-refractivity contribution in [3.05, 3.63) is 52.8 Å². The van der Waals surface area contributed by atoms with Crippen molar-refractivity contribution in [3.8, 4) is 0 Å². The predicted molar refractivity (Wildman–Crippen MR) is 96.5 cm³/mol. The van der Waals surface area contributed by atoms with Gasteiger partial charge in [0.15, 0.2) is 6.10 Å². The molecule has 3 rings (SSSR count). The van der Waals surface area contributed by atoms with E-state index in [2.05, 4.69) is 20.8 Å². The number of amides is 2. The molecule has 1 saturated heterocycles. The van der Waals surface area contributed by atoms with Crippen molar-refractivity contribution in [3.63, 3.8) is 0 Å². The zero-order valence-electron chi connectivity index (χ0n) is 15.0. The lowest BCUT2D eigenvalue weighted by Gasteiger charge is -2.31. The van der Waals surface area contributed by atoms with Gasteiger partial charge in [0.2, 0.25) is 5.91 Å². The van der Waals surface area contributed by atoms with E-state index in [4.69, 9.17) is 4.74 Å². The predicted octanol–water partition coefficient (Wildman–Crippen LogP) is 1.33. The van der Waals surface area contributed by atoms with Crippen LogP contribution in [0.4, 0.5) is 0 Å². The van der Waals surface area contributed by atoms with Gasteiger partial charge in [-0.05, 0) is 37.8 Å². The van der Waals surface area contributed by atoms with Gasteiger partial charge in [-0.2, -0.15) is 5.10 Å². The highest BCUT2D eigenvalue weighted by atomic mass is 16.5. The fourth-order valence-electron chi connectivity index (χ4n) is 3.22. The number of morpholine rings is 1. The molecule has 2 heterocycles. The molecule has 7 heteroatoms. The SMILES string of the molecule is Cc1n[nH]c(C)c1CCCNC(=O)[C@H]1OCC(=O)N[C@@H]1c1ccccc1. The maximum atomic E-state index is 12.6. The molecule has 26 heavy (non-hydrogen) atoms. The van der Waals surface area contributed by atoms with Crippen LogP contribution in [0.25, 0.3) is 0 Å². The van der Waals surface area contributed by atoms with E-state index >= 15 is 0 Å². The number of ether oxygens (including phenoxy) is 1. The van der Waals surface area contributed by atoms with Crippen LogP contribution in [-0.4, -0.2) is 41.3 Å². The van der Waals surface area contributed by atoms with E-state index in [1.54, 1.807) is 0 Å². The Morgan fingerprint density at radius 2 is 2.08 bits per heavy atom. The van der Waals surface area contributed by atoms with E-state index in [1.165, 1.54) is 5.56 Å². The van der Waals surface area contributed by atoms with Crippen molar-refractivity contribution in [1.29, 1.82) is 0 Å². The second-order valence-corrected chi connectivity index (χ2v) is 6.49. The smallest absolute Gasteiger partial charge is 0.251 e. The summed E-state index contributed by atoms with van der Waals surface area (Å²) in [6.45, 7) is 4.41. The average Bonchev–Trinajstić information content (AvgIpc) is 2.97. The number of carbonyl (C=O) groups excluding carboxylic acids is 2. The number of aromatic nitrogens is 2. The molecule has 1 aliphatic rings. The third-order valence-corrected chi connectivity index (χ3v) is 4.61. The molecule has 0 spiro atoms. The van der Waals surface area contributed by atoms with E-state index in [0.29, 0.717) is 6.54 Å². The lowest BCUT2D eigenvalue weighted by molar-refractivity contribution is -0.148. The molecule has 0 bridgehead atoms. The summed E-state index contributed by atoms with van der Waals surface area (Å²) in [5, 5.41) is 12.9. The second kappa shape index (κ2) is 8.14. The summed E-state index contributed by atoms with van der Waals surface area (Å²) < 4.78 is 5.52. The minimum absolute atomic E-state index is 0.102. The van der Waals surface area contributed by atoms with Crippen LogP contribution in [0.15, 0.2) is 30.3 Å². The molecule has 7 nitrogen and oxygen atoms in total. The first kappa shape index (κ1) is 18.1. The fourth-order valence-corrected chi connectivity index (χ4v) is 3.22. The minimum Gasteiger partial charge on any atom is -0.356 e. The van der Waals surface area contributed by atoms with Crippen molar-refractivity contribution < 1.29 is 14.3 Å². The number of hydrogen-bond donors (Lipinski definition) is 3. The number of nitrogens with zero attached hydrogens (tertiary/aromatic N) is 1. The molecule has 1 aromatic heterocycles.